The van der Waals surface area contributed by atoms with Crippen LogP contribution < -0.4 is 10.6 Å². The summed E-state index contributed by atoms with van der Waals surface area (Å²) in [4.78, 5) is 14.6. The molecule has 116 valence electrons. The van der Waals surface area contributed by atoms with E-state index in [1.54, 1.807) is 7.11 Å². The minimum atomic E-state index is 0.0812. The third kappa shape index (κ3) is 3.93. The molecule has 5 heteroatoms. The number of carbonyl (C=O) groups excluding carboxylic acids is 1. The van der Waals surface area contributed by atoms with E-state index in [1.807, 2.05) is 6.92 Å². The summed E-state index contributed by atoms with van der Waals surface area (Å²) < 4.78 is 5.07. The first-order chi connectivity index (χ1) is 9.66. The van der Waals surface area contributed by atoms with Gasteiger partial charge in [-0.1, -0.05) is 19.3 Å². The highest BCUT2D eigenvalue weighted by molar-refractivity contribution is 5.78. The molecule has 1 unspecified atom stereocenters. The number of carbonyl (C=O) groups is 1. The van der Waals surface area contributed by atoms with Crippen LogP contribution in [0.15, 0.2) is 0 Å². The maximum absolute atomic E-state index is 12.2. The van der Waals surface area contributed by atoms with Crippen molar-refractivity contribution in [2.24, 2.45) is 0 Å². The number of amides is 1. The summed E-state index contributed by atoms with van der Waals surface area (Å²) >= 11 is 0. The van der Waals surface area contributed by atoms with Crippen molar-refractivity contribution in [2.45, 2.75) is 50.6 Å². The van der Waals surface area contributed by atoms with E-state index in [0.717, 1.165) is 19.6 Å². The molecular weight excluding hydrogens is 254 g/mol. The van der Waals surface area contributed by atoms with E-state index in [-0.39, 0.29) is 17.5 Å². The van der Waals surface area contributed by atoms with Crippen LogP contribution in [0.5, 0.6) is 0 Å². The second-order valence-electron chi connectivity index (χ2n) is 6.31. The zero-order chi connectivity index (χ0) is 14.4. The molecule has 1 aliphatic carbocycles. The van der Waals surface area contributed by atoms with Crippen molar-refractivity contribution >= 4 is 5.91 Å². The van der Waals surface area contributed by atoms with Gasteiger partial charge in [-0.3, -0.25) is 9.69 Å². The monoisotopic (exact) mass is 283 g/mol. The molecular formula is C15H29N3O2. The van der Waals surface area contributed by atoms with Gasteiger partial charge >= 0.3 is 0 Å². The number of hydrogen-bond donors (Lipinski definition) is 2. The second-order valence-corrected chi connectivity index (χ2v) is 6.31. The highest BCUT2D eigenvalue weighted by Crippen LogP contribution is 2.34. The Morgan fingerprint density at radius 2 is 2.15 bits per heavy atom. The van der Waals surface area contributed by atoms with Crippen molar-refractivity contribution in [2.75, 3.05) is 39.9 Å². The number of rotatable bonds is 5. The Morgan fingerprint density at radius 3 is 2.85 bits per heavy atom. The highest BCUT2D eigenvalue weighted by Gasteiger charge is 2.40. The van der Waals surface area contributed by atoms with Gasteiger partial charge in [-0.25, -0.2) is 0 Å². The Kier molecular flexibility index (Phi) is 5.81. The van der Waals surface area contributed by atoms with Crippen LogP contribution in [0.2, 0.25) is 0 Å². The van der Waals surface area contributed by atoms with Crippen molar-refractivity contribution in [3.8, 4) is 0 Å². The van der Waals surface area contributed by atoms with Gasteiger partial charge in [0.25, 0.3) is 0 Å². The maximum Gasteiger partial charge on any atom is 0.234 e. The lowest BCUT2D eigenvalue weighted by atomic mass is 9.79. The van der Waals surface area contributed by atoms with Crippen molar-refractivity contribution in [1.82, 2.24) is 15.5 Å². The number of piperazine rings is 1. The molecule has 2 rings (SSSR count). The molecule has 2 fully saturated rings. The van der Waals surface area contributed by atoms with Crippen LogP contribution in [-0.2, 0) is 9.53 Å². The summed E-state index contributed by atoms with van der Waals surface area (Å²) in [5.41, 5.74) is 0.221. The minimum absolute atomic E-state index is 0.0812. The summed E-state index contributed by atoms with van der Waals surface area (Å²) in [7, 11) is 1.66. The SMILES string of the molecule is COCC(C)NC(=O)CN1CCNCC12CCCCC2. The smallest absolute Gasteiger partial charge is 0.234 e. The van der Waals surface area contributed by atoms with Crippen LogP contribution in [0.25, 0.3) is 0 Å². The van der Waals surface area contributed by atoms with Gasteiger partial charge in [0.05, 0.1) is 13.2 Å². The third-order valence-corrected chi connectivity index (χ3v) is 4.63. The summed E-state index contributed by atoms with van der Waals surface area (Å²) in [5.74, 6) is 0.126. The van der Waals surface area contributed by atoms with Gasteiger partial charge in [0.2, 0.25) is 5.91 Å². The van der Waals surface area contributed by atoms with Crippen LogP contribution in [0.3, 0.4) is 0 Å². The van der Waals surface area contributed by atoms with E-state index >= 15 is 0 Å². The van der Waals surface area contributed by atoms with E-state index in [9.17, 15) is 4.79 Å². The van der Waals surface area contributed by atoms with Gasteiger partial charge in [0.1, 0.15) is 0 Å². The molecule has 0 aromatic rings. The fourth-order valence-electron chi connectivity index (χ4n) is 3.62. The van der Waals surface area contributed by atoms with Gasteiger partial charge in [-0.2, -0.15) is 0 Å². The van der Waals surface area contributed by atoms with Crippen molar-refractivity contribution < 1.29 is 9.53 Å². The number of nitrogens with zero attached hydrogens (tertiary/aromatic N) is 1. The molecule has 20 heavy (non-hydrogen) atoms. The van der Waals surface area contributed by atoms with Crippen LogP contribution in [0, 0.1) is 0 Å². The molecule has 0 aromatic heterocycles. The summed E-state index contributed by atoms with van der Waals surface area (Å²) in [6.07, 6.45) is 6.37. The van der Waals surface area contributed by atoms with Crippen LogP contribution in [-0.4, -0.2) is 62.3 Å². The van der Waals surface area contributed by atoms with Crippen molar-refractivity contribution in [1.29, 1.82) is 0 Å². The van der Waals surface area contributed by atoms with Crippen LogP contribution in [0.1, 0.15) is 39.0 Å². The Hall–Kier alpha value is -0.650. The quantitative estimate of drug-likeness (QED) is 0.782. The zero-order valence-electron chi connectivity index (χ0n) is 12.9. The van der Waals surface area contributed by atoms with Gasteiger partial charge in [-0.05, 0) is 19.8 Å². The molecule has 1 saturated heterocycles. The van der Waals surface area contributed by atoms with Crippen molar-refractivity contribution in [3.63, 3.8) is 0 Å². The van der Waals surface area contributed by atoms with E-state index < -0.39 is 0 Å². The molecule has 5 nitrogen and oxygen atoms in total. The summed E-state index contributed by atoms with van der Waals surface area (Å²) in [6, 6.07) is 0.0812. The highest BCUT2D eigenvalue weighted by atomic mass is 16.5. The molecule has 1 heterocycles. The molecule has 1 amide bonds. The van der Waals surface area contributed by atoms with Gasteiger partial charge < -0.3 is 15.4 Å². The van der Waals surface area contributed by atoms with E-state index in [2.05, 4.69) is 15.5 Å². The average molecular weight is 283 g/mol. The molecule has 1 atom stereocenters. The van der Waals surface area contributed by atoms with Gasteiger partial charge in [0, 0.05) is 38.3 Å². The summed E-state index contributed by atoms with van der Waals surface area (Å²) in [5, 5.41) is 6.54. The molecule has 0 aromatic carbocycles. The average Bonchev–Trinajstić information content (AvgIpc) is 2.43. The van der Waals surface area contributed by atoms with Crippen LogP contribution >= 0.6 is 0 Å². The minimum Gasteiger partial charge on any atom is -0.383 e. The molecule has 0 radical (unpaired) electrons. The molecule has 2 aliphatic rings. The number of methoxy groups -OCH3 is 1. The normalized spacial score (nSPS) is 24.5. The van der Waals surface area contributed by atoms with E-state index in [0.29, 0.717) is 13.2 Å². The lowest BCUT2D eigenvalue weighted by Gasteiger charge is -2.49. The standard InChI is InChI=1S/C15H29N3O2/c1-13(11-20-2)17-14(19)10-18-9-8-16-12-15(18)6-4-3-5-7-15/h13,16H,3-12H2,1-2H3,(H,17,19). The Balaban J connectivity index is 1.90. The van der Waals surface area contributed by atoms with Crippen molar-refractivity contribution in [3.05, 3.63) is 0 Å². The Morgan fingerprint density at radius 1 is 1.40 bits per heavy atom. The first kappa shape index (κ1) is 15.7. The molecule has 0 bridgehead atoms. The number of ether oxygens (including phenoxy) is 1. The van der Waals surface area contributed by atoms with Gasteiger partial charge in [-0.15, -0.1) is 0 Å². The predicted octanol–water partition coefficient (Wildman–Crippen LogP) is 0.746. The lowest BCUT2D eigenvalue weighted by molar-refractivity contribution is -0.126. The zero-order valence-corrected chi connectivity index (χ0v) is 12.9. The van der Waals surface area contributed by atoms with E-state index in [1.165, 1.54) is 32.1 Å². The first-order valence-electron chi connectivity index (χ1n) is 7.90. The lowest BCUT2D eigenvalue weighted by Crippen LogP contribution is -2.63. The molecule has 2 N–H and O–H groups in total. The van der Waals surface area contributed by atoms with Crippen LogP contribution in [0.4, 0.5) is 0 Å². The van der Waals surface area contributed by atoms with E-state index in [4.69, 9.17) is 4.74 Å². The Labute approximate surface area is 122 Å². The maximum atomic E-state index is 12.2. The fourth-order valence-corrected chi connectivity index (χ4v) is 3.62. The molecule has 1 aliphatic heterocycles. The number of hydrogen-bond acceptors (Lipinski definition) is 4. The molecule has 1 saturated carbocycles. The Bertz CT molecular complexity index is 308. The topological polar surface area (TPSA) is 53.6 Å². The molecule has 1 spiro atoms. The van der Waals surface area contributed by atoms with Gasteiger partial charge in [0.15, 0.2) is 0 Å². The first-order valence-corrected chi connectivity index (χ1v) is 7.90. The second kappa shape index (κ2) is 7.38. The predicted molar refractivity (Wildman–Crippen MR) is 79.7 cm³/mol. The fraction of sp³-hybridized carbons (Fsp3) is 0.933. The number of nitrogens with one attached hydrogen (secondary N) is 2. The summed E-state index contributed by atoms with van der Waals surface area (Å²) in [6.45, 7) is 6.08. The largest absolute Gasteiger partial charge is 0.383 e. The third-order valence-electron chi connectivity index (χ3n) is 4.63.